The molecule has 0 saturated carbocycles. The number of carbonyl (C=O) groups excluding carboxylic acids is 4. The molecule has 3 atom stereocenters. The molecule has 472 valence electrons. The number of aldehydes is 1. The third-order valence-corrected chi connectivity index (χ3v) is 16.0. The molecule has 3 aliphatic heterocycles. The van der Waals surface area contributed by atoms with Gasteiger partial charge >= 0.3 is 11.9 Å². The van der Waals surface area contributed by atoms with E-state index < -0.39 is 5.97 Å². The summed E-state index contributed by atoms with van der Waals surface area (Å²) in [5, 5.41) is 31.0. The summed E-state index contributed by atoms with van der Waals surface area (Å²) in [6.45, 7) is 3.70. The molecule has 12 heterocycles. The van der Waals surface area contributed by atoms with Crippen molar-refractivity contribution in [3.05, 3.63) is 140 Å². The first-order valence-corrected chi connectivity index (χ1v) is 29.7. The highest BCUT2D eigenvalue weighted by Crippen LogP contribution is 2.35. The van der Waals surface area contributed by atoms with E-state index >= 15 is 0 Å². The molecule has 9 aromatic heterocycles. The number of hydrogen-bond donors (Lipinski definition) is 3. The molecule has 0 bridgehead atoms. The predicted molar refractivity (Wildman–Crippen MR) is 343 cm³/mol. The van der Waals surface area contributed by atoms with Gasteiger partial charge in [-0.3, -0.25) is 39.5 Å². The van der Waals surface area contributed by atoms with E-state index in [1.165, 1.54) is 98.4 Å². The third kappa shape index (κ3) is 22.2. The predicted octanol–water partition coefficient (Wildman–Crippen LogP) is 15.2. The number of rotatable bonds is 10. The number of methoxy groups -OCH3 is 2. The van der Waals surface area contributed by atoms with Gasteiger partial charge in [0.2, 0.25) is 0 Å². The summed E-state index contributed by atoms with van der Waals surface area (Å²) in [6.07, 6.45) is 27.5. The van der Waals surface area contributed by atoms with Gasteiger partial charge in [0.05, 0.1) is 111 Å². The van der Waals surface area contributed by atoms with Gasteiger partial charge in [-0.15, -0.1) is 46.4 Å². The van der Waals surface area contributed by atoms with Gasteiger partial charge in [0.15, 0.2) is 36.7 Å². The highest BCUT2D eigenvalue weighted by Gasteiger charge is 2.21. The molecule has 3 fully saturated rings. The van der Waals surface area contributed by atoms with E-state index in [9.17, 15) is 29.4 Å². The first kappa shape index (κ1) is 73.4. The van der Waals surface area contributed by atoms with Gasteiger partial charge in [-0.2, -0.15) is 0 Å². The van der Waals surface area contributed by atoms with Crippen molar-refractivity contribution in [2.75, 3.05) is 34.0 Å². The zero-order chi connectivity index (χ0) is 60.7. The molecule has 28 heteroatoms. The van der Waals surface area contributed by atoms with E-state index in [1.54, 1.807) is 61.4 Å². The van der Waals surface area contributed by atoms with Crippen molar-refractivity contribution >= 4 is 135 Å². The summed E-state index contributed by atoms with van der Waals surface area (Å²) in [5.74, 6) is 1.28. The Morgan fingerprint density at radius 3 is 1.39 bits per heavy atom. The van der Waals surface area contributed by atoms with Crippen LogP contribution < -0.4 is 14.2 Å². The average molecular weight is 1350 g/mol. The zero-order valence-corrected chi connectivity index (χ0v) is 51.8. The van der Waals surface area contributed by atoms with Crippen molar-refractivity contribution in [3.63, 3.8) is 0 Å². The molecule has 0 amide bonds. The Morgan fingerprint density at radius 2 is 0.943 bits per heavy atom. The van der Waals surface area contributed by atoms with E-state index in [1.807, 2.05) is 0 Å². The van der Waals surface area contributed by atoms with Crippen LogP contribution in [0.1, 0.15) is 119 Å². The zero-order valence-electron chi connectivity index (χ0n) is 46.3. The second-order valence-corrected chi connectivity index (χ2v) is 22.7. The number of ketones is 1. The number of ether oxygens (including phenoxy) is 8. The second-order valence-electron chi connectivity index (χ2n) is 18.2. The number of pyridine rings is 6. The highest BCUT2D eigenvalue weighted by molar-refractivity contribution is 7.21. The number of fused-ring (bicyclic) bond motifs is 3. The summed E-state index contributed by atoms with van der Waals surface area (Å²) in [5.41, 5.74) is 0.325. The molecule has 12 rings (SSSR count). The Morgan fingerprint density at radius 1 is 0.523 bits per heavy atom. The fourth-order valence-electron chi connectivity index (χ4n) is 7.84. The third-order valence-electron chi connectivity index (χ3n) is 12.0. The minimum absolute atomic E-state index is 0. The molecule has 3 N–H and O–H groups in total. The maximum Gasteiger partial charge on any atom is 0.348 e. The molecule has 88 heavy (non-hydrogen) atoms. The lowest BCUT2D eigenvalue weighted by Gasteiger charge is -2.23. The van der Waals surface area contributed by atoms with Crippen LogP contribution in [0.2, 0.25) is 15.1 Å². The number of nitrogens with zero attached hydrogens (tertiary/aromatic N) is 6. The standard InChI is InChI=1S/C14H15NO4S.C11H12ClNO3.C10H12ClNO2.C9H7NO3S.C9H7NO2S.C5H4ClNO.2CH4.ClH/c1-17-14(16)11-6-9-10(7-15-8-12(9)20-11)19-13-4-2-3-5-18-13;12-9-5-13-6-10(8(9)7-14)16-11-3-1-2-4-15-11;11-8-5-9(7-12-6-8)14-10-3-1-2-4-13-10;1-13-9(12)7-2-5-6(11)3-10-4-8(5)14-7;1-5(11)8-2-6-7(12)3-10-4-9(6)13-8;6-4-1-5(8)3-7-2-4;;;/h6-8,13H,2-5H2,1H3;5-7,11H,1-4H2;5-7,10H,1-4H2;2-4,11H,1H3;2-4,12H,1H3;1-3,8H;2*1H4;1H. The Balaban J connectivity index is 0.000000228. The smallest absolute Gasteiger partial charge is 0.348 e. The molecule has 0 aliphatic carbocycles. The molecule has 3 saturated heterocycles. The molecular weight excluding hydrogens is 1280 g/mol. The summed E-state index contributed by atoms with van der Waals surface area (Å²) in [7, 11) is 2.70. The van der Waals surface area contributed by atoms with Gasteiger partial charge < -0.3 is 53.2 Å². The molecule has 0 spiro atoms. The first-order chi connectivity index (χ1) is 41.1. The number of thiophene rings is 3. The monoisotopic (exact) mass is 1350 g/mol. The quantitative estimate of drug-likeness (QED) is 0.0651. The lowest BCUT2D eigenvalue weighted by molar-refractivity contribution is -0.106. The Bertz CT molecular complexity index is 3640. The molecule has 9 aromatic rings. The lowest BCUT2D eigenvalue weighted by atomic mass is 10.2. The highest BCUT2D eigenvalue weighted by atomic mass is 35.5. The Hall–Kier alpha value is -7.10. The van der Waals surface area contributed by atoms with E-state index in [0.29, 0.717) is 76.2 Å². The van der Waals surface area contributed by atoms with Gasteiger partial charge in [-0.05, 0) is 63.6 Å². The molecule has 0 aromatic carbocycles. The van der Waals surface area contributed by atoms with Crippen molar-refractivity contribution in [1.82, 2.24) is 29.9 Å². The van der Waals surface area contributed by atoms with Crippen LogP contribution in [0, 0.1) is 0 Å². The van der Waals surface area contributed by atoms with Crippen molar-refractivity contribution in [1.29, 1.82) is 0 Å². The van der Waals surface area contributed by atoms with Gasteiger partial charge in [0.25, 0.3) is 0 Å². The average Bonchev–Trinajstić information content (AvgIpc) is 2.19. The summed E-state index contributed by atoms with van der Waals surface area (Å²) in [4.78, 5) is 69.6. The van der Waals surface area contributed by atoms with E-state index in [2.05, 4.69) is 34.6 Å². The number of aromatic hydroxyl groups is 3. The molecular formula is C60H66Cl4N6O15S3. The molecule has 0 radical (unpaired) electrons. The van der Waals surface area contributed by atoms with Crippen LogP contribution in [-0.4, -0.2) is 122 Å². The Kier molecular flexibility index (Phi) is 31.4. The number of esters is 2. The van der Waals surface area contributed by atoms with Crippen molar-refractivity contribution in [2.24, 2.45) is 0 Å². The van der Waals surface area contributed by atoms with Crippen LogP contribution in [0.15, 0.2) is 105 Å². The SMILES string of the molecule is C.C.CC(=O)c1cc2c(O)cncc2s1.COC(=O)c1cc2c(O)cncc2s1.COC(=O)c1cc2c(OC3CCCCO3)cncc2s1.Cl.Clc1cncc(OC2CCCCO2)c1.O=Cc1c(Cl)cncc1OC1CCCCO1.Oc1cncc(Cl)c1. The summed E-state index contributed by atoms with van der Waals surface area (Å²) >= 11 is 21.0. The molecule has 3 aliphatic rings. The second kappa shape index (κ2) is 37.7. The maximum atomic E-state index is 11.6. The number of halogens is 4. The fraction of sp³-hybridized carbons (Fsp3) is 0.333. The summed E-state index contributed by atoms with van der Waals surface area (Å²) in [6, 6.07) is 8.24. The van der Waals surface area contributed by atoms with E-state index in [4.69, 9.17) is 73.1 Å². The fourth-order valence-corrected chi connectivity index (χ4v) is 11.2. The van der Waals surface area contributed by atoms with Crippen LogP contribution >= 0.6 is 81.2 Å². The van der Waals surface area contributed by atoms with Crippen LogP contribution in [0.25, 0.3) is 30.3 Å². The van der Waals surface area contributed by atoms with Crippen LogP contribution in [0.4, 0.5) is 0 Å². The minimum Gasteiger partial charge on any atom is -0.506 e. The van der Waals surface area contributed by atoms with E-state index in [-0.39, 0.29) is 75.1 Å². The molecule has 3 unspecified atom stereocenters. The topological polar surface area (TPSA) is 280 Å². The number of Topliss-reactive ketones (excluding diaryl/α,β-unsaturated/α-hetero) is 1. The van der Waals surface area contributed by atoms with Crippen molar-refractivity contribution < 1.29 is 72.4 Å². The van der Waals surface area contributed by atoms with Crippen LogP contribution in [-0.2, 0) is 23.7 Å². The van der Waals surface area contributed by atoms with Crippen LogP contribution in [0.5, 0.6) is 34.5 Å². The maximum absolute atomic E-state index is 11.6. The van der Waals surface area contributed by atoms with Gasteiger partial charge in [-0.1, -0.05) is 49.7 Å². The number of aromatic nitrogens is 6. The van der Waals surface area contributed by atoms with Gasteiger partial charge in [-0.25, -0.2) is 9.59 Å². The normalized spacial score (nSPS) is 15.5. The Labute approximate surface area is 541 Å². The lowest BCUT2D eigenvalue weighted by Crippen LogP contribution is -2.25. The van der Waals surface area contributed by atoms with Gasteiger partial charge in [0.1, 0.15) is 38.5 Å². The van der Waals surface area contributed by atoms with Gasteiger partial charge in [0, 0.05) is 84.7 Å². The van der Waals surface area contributed by atoms with Crippen molar-refractivity contribution in [3.8, 4) is 34.5 Å². The van der Waals surface area contributed by atoms with E-state index in [0.717, 1.165) is 90.5 Å². The molecule has 21 nitrogen and oxygen atoms in total. The number of carbonyl (C=O) groups is 4. The number of hydrogen-bond acceptors (Lipinski definition) is 24. The first-order valence-electron chi connectivity index (χ1n) is 26.1. The van der Waals surface area contributed by atoms with Crippen molar-refractivity contribution in [2.45, 2.75) is 98.4 Å². The summed E-state index contributed by atoms with van der Waals surface area (Å²) < 4.78 is 45.2. The van der Waals surface area contributed by atoms with Crippen LogP contribution in [0.3, 0.4) is 0 Å². The largest absolute Gasteiger partial charge is 0.506 e. The minimum atomic E-state index is -0.398.